The summed E-state index contributed by atoms with van der Waals surface area (Å²) in [6.45, 7) is 11.7. The molecule has 6 heteroatoms. The van der Waals surface area contributed by atoms with Crippen molar-refractivity contribution in [1.82, 2.24) is 0 Å². The second-order valence-corrected chi connectivity index (χ2v) is 15.8. The monoisotopic (exact) mass is 654 g/mol. The van der Waals surface area contributed by atoms with Gasteiger partial charge in [-0.3, -0.25) is 14.4 Å². The van der Waals surface area contributed by atoms with Gasteiger partial charge in [0.25, 0.3) is 0 Å². The molecule has 0 heterocycles. The van der Waals surface area contributed by atoms with Crippen LogP contribution in [0.4, 0.5) is 0 Å². The first-order valence-corrected chi connectivity index (χ1v) is 18.2. The lowest BCUT2D eigenvalue weighted by atomic mass is 9.43. The number of esters is 3. The number of allylic oxidation sites excluding steroid dienone is 1. The molecule has 258 valence electrons. The SMILES string of the molecule is CC(=O)O[C@@H]1CCC2(C)C(C1)C[C@@H](OC(C)=O)C1[C@@H]2C[C@H](OC(C)=O)[C@@]2(C)C([C@H](C)CC=C(c3ccccc3)c3ccccc3)CC[C@@H]12. The van der Waals surface area contributed by atoms with E-state index < -0.39 is 0 Å². The van der Waals surface area contributed by atoms with Gasteiger partial charge in [-0.05, 0) is 103 Å². The van der Waals surface area contributed by atoms with Gasteiger partial charge in [-0.25, -0.2) is 0 Å². The van der Waals surface area contributed by atoms with Crippen molar-refractivity contribution >= 4 is 23.5 Å². The number of hydrogen-bond donors (Lipinski definition) is 0. The molecule has 2 aromatic carbocycles. The fourth-order valence-electron chi connectivity index (χ4n) is 11.2. The highest BCUT2D eigenvalue weighted by Gasteiger charge is 2.67. The van der Waals surface area contributed by atoms with Gasteiger partial charge in [0.15, 0.2) is 0 Å². The molecule has 2 aromatic rings. The summed E-state index contributed by atoms with van der Waals surface area (Å²) in [7, 11) is 0. The average Bonchev–Trinajstić information content (AvgIpc) is 3.40. The lowest BCUT2D eigenvalue weighted by Gasteiger charge is -2.64. The number of hydrogen-bond acceptors (Lipinski definition) is 6. The summed E-state index contributed by atoms with van der Waals surface area (Å²) in [4.78, 5) is 37.2. The molecule has 11 atom stereocenters. The standard InChI is InChI=1S/C42H54O6/c1-26(17-18-34(30-13-9-7-10-14-30)31-15-11-8-12-16-31)35-19-20-36-40-37(25-39(42(35,36)6)48-29(4)45)41(5)22-21-33(46-27(2)43)23-32(41)24-38(40)47-28(3)44/h7-16,18,26,32-33,35-40H,17,19-25H2,1-6H3/t26-,32?,33-,35?,36+,37+,38-,39+,40?,41?,42+/m1/s1. The Morgan fingerprint density at radius 3 is 1.96 bits per heavy atom. The summed E-state index contributed by atoms with van der Waals surface area (Å²) in [5.41, 5.74) is 3.42. The molecule has 0 aliphatic heterocycles. The molecule has 0 spiro atoms. The molecule has 4 unspecified atom stereocenters. The van der Waals surface area contributed by atoms with Crippen LogP contribution in [0.25, 0.3) is 5.57 Å². The van der Waals surface area contributed by atoms with E-state index in [-0.39, 0.29) is 70.7 Å². The van der Waals surface area contributed by atoms with Gasteiger partial charge < -0.3 is 14.2 Å². The van der Waals surface area contributed by atoms with Gasteiger partial charge in [0.1, 0.15) is 18.3 Å². The maximum atomic E-state index is 12.8. The first-order valence-electron chi connectivity index (χ1n) is 18.2. The zero-order valence-corrected chi connectivity index (χ0v) is 29.7. The highest BCUT2D eigenvalue weighted by atomic mass is 16.6. The summed E-state index contributed by atoms with van der Waals surface area (Å²) in [6, 6.07) is 21.2. The summed E-state index contributed by atoms with van der Waals surface area (Å²) in [6.07, 6.45) is 9.06. The molecular weight excluding hydrogens is 600 g/mol. The second-order valence-electron chi connectivity index (χ2n) is 15.8. The van der Waals surface area contributed by atoms with Gasteiger partial charge in [-0.15, -0.1) is 0 Å². The van der Waals surface area contributed by atoms with Crippen molar-refractivity contribution in [3.05, 3.63) is 77.9 Å². The van der Waals surface area contributed by atoms with Crippen LogP contribution in [-0.4, -0.2) is 36.2 Å². The van der Waals surface area contributed by atoms with Gasteiger partial charge in [0.2, 0.25) is 0 Å². The number of fused-ring (bicyclic) bond motifs is 5. The van der Waals surface area contributed by atoms with Gasteiger partial charge >= 0.3 is 17.9 Å². The van der Waals surface area contributed by atoms with Crippen LogP contribution in [0.2, 0.25) is 0 Å². The lowest BCUT2D eigenvalue weighted by Crippen LogP contribution is -2.63. The molecule has 4 aliphatic rings. The lowest BCUT2D eigenvalue weighted by molar-refractivity contribution is -0.224. The van der Waals surface area contributed by atoms with Crippen molar-refractivity contribution in [2.45, 2.75) is 111 Å². The predicted molar refractivity (Wildman–Crippen MR) is 186 cm³/mol. The molecule has 0 bridgehead atoms. The van der Waals surface area contributed by atoms with Crippen molar-refractivity contribution in [1.29, 1.82) is 0 Å². The fourth-order valence-corrected chi connectivity index (χ4v) is 11.2. The molecule has 0 radical (unpaired) electrons. The quantitative estimate of drug-likeness (QED) is 0.209. The van der Waals surface area contributed by atoms with Crippen LogP contribution in [-0.2, 0) is 28.6 Å². The molecule has 4 fully saturated rings. The Kier molecular flexibility index (Phi) is 9.93. The van der Waals surface area contributed by atoms with E-state index in [0.717, 1.165) is 51.4 Å². The Hall–Kier alpha value is -3.41. The van der Waals surface area contributed by atoms with E-state index in [0.29, 0.717) is 11.8 Å². The fraction of sp³-hybridized carbons (Fsp3) is 0.595. The minimum Gasteiger partial charge on any atom is -0.463 e. The maximum absolute atomic E-state index is 12.8. The van der Waals surface area contributed by atoms with E-state index in [1.807, 2.05) is 0 Å². The van der Waals surface area contributed by atoms with E-state index in [4.69, 9.17) is 14.2 Å². The van der Waals surface area contributed by atoms with Gasteiger partial charge in [-0.1, -0.05) is 87.5 Å². The Bertz CT molecular complexity index is 1460. The van der Waals surface area contributed by atoms with Crippen molar-refractivity contribution in [3.8, 4) is 0 Å². The van der Waals surface area contributed by atoms with E-state index in [1.54, 1.807) is 6.92 Å². The van der Waals surface area contributed by atoms with E-state index in [2.05, 4.69) is 87.5 Å². The average molecular weight is 655 g/mol. The molecule has 0 aromatic heterocycles. The van der Waals surface area contributed by atoms with Crippen LogP contribution in [0, 0.1) is 46.3 Å². The number of rotatable bonds is 8. The molecule has 0 saturated heterocycles. The third-order valence-corrected chi connectivity index (χ3v) is 13.3. The van der Waals surface area contributed by atoms with Crippen molar-refractivity contribution in [2.24, 2.45) is 46.3 Å². The van der Waals surface area contributed by atoms with Crippen LogP contribution < -0.4 is 0 Å². The van der Waals surface area contributed by atoms with Crippen LogP contribution in [0.1, 0.15) is 104 Å². The van der Waals surface area contributed by atoms with Crippen LogP contribution in [0.5, 0.6) is 0 Å². The minimum atomic E-state index is -0.240. The molecule has 6 rings (SSSR count). The number of carbonyl (C=O) groups is 3. The third kappa shape index (κ3) is 6.48. The van der Waals surface area contributed by atoms with Gasteiger partial charge in [0, 0.05) is 32.1 Å². The predicted octanol–water partition coefficient (Wildman–Crippen LogP) is 8.82. The Morgan fingerprint density at radius 2 is 1.38 bits per heavy atom. The molecule has 0 N–H and O–H groups in total. The number of benzene rings is 2. The highest BCUT2D eigenvalue weighted by molar-refractivity contribution is 5.79. The van der Waals surface area contributed by atoms with Crippen LogP contribution in [0.3, 0.4) is 0 Å². The van der Waals surface area contributed by atoms with E-state index in [1.165, 1.54) is 30.5 Å². The zero-order valence-electron chi connectivity index (χ0n) is 29.7. The maximum Gasteiger partial charge on any atom is 0.302 e. The number of ether oxygens (including phenoxy) is 3. The molecule has 48 heavy (non-hydrogen) atoms. The first-order chi connectivity index (χ1) is 22.9. The summed E-state index contributed by atoms with van der Waals surface area (Å²) < 4.78 is 18.3. The summed E-state index contributed by atoms with van der Waals surface area (Å²) in [5.74, 6) is 0.994. The largest absolute Gasteiger partial charge is 0.463 e. The summed E-state index contributed by atoms with van der Waals surface area (Å²) in [5, 5.41) is 0. The van der Waals surface area contributed by atoms with Crippen molar-refractivity contribution < 1.29 is 28.6 Å². The topological polar surface area (TPSA) is 78.9 Å². The minimum absolute atomic E-state index is 0.00952. The smallest absolute Gasteiger partial charge is 0.302 e. The third-order valence-electron chi connectivity index (χ3n) is 13.3. The Balaban J connectivity index is 1.33. The van der Waals surface area contributed by atoms with Gasteiger partial charge in [-0.2, -0.15) is 0 Å². The number of carbonyl (C=O) groups excluding carboxylic acids is 3. The van der Waals surface area contributed by atoms with Crippen LogP contribution >= 0.6 is 0 Å². The Labute approximate surface area is 287 Å². The second kappa shape index (κ2) is 13.8. The Morgan fingerprint density at radius 1 is 0.771 bits per heavy atom. The molecular formula is C42H54O6. The van der Waals surface area contributed by atoms with Gasteiger partial charge in [0.05, 0.1) is 0 Å². The van der Waals surface area contributed by atoms with Crippen LogP contribution in [0.15, 0.2) is 66.7 Å². The summed E-state index contributed by atoms with van der Waals surface area (Å²) >= 11 is 0. The van der Waals surface area contributed by atoms with E-state index >= 15 is 0 Å². The first kappa shape index (κ1) is 34.5. The molecule has 4 aliphatic carbocycles. The molecule has 6 nitrogen and oxygen atoms in total. The molecule has 0 amide bonds. The van der Waals surface area contributed by atoms with E-state index in [9.17, 15) is 14.4 Å². The highest BCUT2D eigenvalue weighted by Crippen LogP contribution is 2.69. The van der Waals surface area contributed by atoms with Crippen molar-refractivity contribution in [2.75, 3.05) is 0 Å². The zero-order chi connectivity index (χ0) is 34.2. The van der Waals surface area contributed by atoms with Crippen molar-refractivity contribution in [3.63, 3.8) is 0 Å². The molecule has 4 saturated carbocycles. The normalized spacial score (nSPS) is 36.0.